The van der Waals surface area contributed by atoms with Crippen molar-refractivity contribution in [3.8, 4) is 44.5 Å². The fourth-order valence-corrected chi connectivity index (χ4v) is 16.5. The van der Waals surface area contributed by atoms with Gasteiger partial charge in [-0.15, -0.1) is 0 Å². The zero-order chi connectivity index (χ0) is 46.4. The predicted molar refractivity (Wildman–Crippen MR) is 299 cm³/mol. The summed E-state index contributed by atoms with van der Waals surface area (Å²) in [5.41, 5.74) is 18.0. The number of hydrogen-bond donors (Lipinski definition) is 0. The molecule has 0 bridgehead atoms. The topological polar surface area (TPSA) is 13.1 Å². The van der Waals surface area contributed by atoms with E-state index in [4.69, 9.17) is 4.42 Å². The third kappa shape index (κ3) is 6.92. The summed E-state index contributed by atoms with van der Waals surface area (Å²) >= 11 is 0. The van der Waals surface area contributed by atoms with E-state index in [-0.39, 0.29) is 6.71 Å². The Morgan fingerprint density at radius 3 is 1.43 bits per heavy atom. The molecule has 0 saturated heterocycles. The molecule has 0 radical (unpaired) electrons. The van der Waals surface area contributed by atoms with Crippen molar-refractivity contribution in [3.05, 3.63) is 284 Å². The van der Waals surface area contributed by atoms with Gasteiger partial charge in [0.25, 0.3) is 0 Å². The number of benzene rings is 11. The number of rotatable bonds is 9. The molecule has 0 atom stereocenters. The van der Waals surface area contributed by atoms with E-state index in [9.17, 15) is 0 Å². The van der Waals surface area contributed by atoms with E-state index < -0.39 is 8.07 Å². The second-order valence-corrected chi connectivity index (χ2v) is 22.4. The van der Waals surface area contributed by atoms with Crippen LogP contribution in [0, 0.1) is 0 Å². The molecule has 12 aromatic rings. The van der Waals surface area contributed by atoms with Crippen molar-refractivity contribution in [3.63, 3.8) is 0 Å². The van der Waals surface area contributed by atoms with Crippen molar-refractivity contribution in [1.82, 2.24) is 0 Å². The summed E-state index contributed by atoms with van der Waals surface area (Å²) in [6.07, 6.45) is 0.921. The van der Waals surface area contributed by atoms with Gasteiger partial charge in [-0.3, -0.25) is 0 Å². The SMILES string of the molecule is c1ccc(-c2ccc(-c3cccc4c3oc3ccc(-c5cccc([Si](c6ccccc6)(c6ccccc6)c6ccccc6)c5)cc34)c(-c3ccccc3)c2B2c3ccccc3Cc3ccccc32)cc1. The first-order valence-electron chi connectivity index (χ1n) is 24.4. The van der Waals surface area contributed by atoms with Gasteiger partial charge in [0.2, 0.25) is 6.71 Å². The van der Waals surface area contributed by atoms with Crippen molar-refractivity contribution in [1.29, 1.82) is 0 Å². The highest BCUT2D eigenvalue weighted by Gasteiger charge is 2.41. The van der Waals surface area contributed by atoms with Crippen LogP contribution in [0.5, 0.6) is 0 Å². The van der Waals surface area contributed by atoms with Crippen LogP contribution in [0.1, 0.15) is 11.1 Å². The van der Waals surface area contributed by atoms with Crippen molar-refractivity contribution in [2.75, 3.05) is 0 Å². The molecule has 0 N–H and O–H groups in total. The lowest BCUT2D eigenvalue weighted by atomic mass is 9.32. The van der Waals surface area contributed by atoms with Gasteiger partial charge >= 0.3 is 0 Å². The first kappa shape index (κ1) is 41.7. The third-order valence-electron chi connectivity index (χ3n) is 14.8. The Morgan fingerprint density at radius 1 is 0.329 bits per heavy atom. The van der Waals surface area contributed by atoms with Crippen molar-refractivity contribution >= 4 is 73.9 Å². The van der Waals surface area contributed by atoms with Crippen LogP contribution in [0.3, 0.4) is 0 Å². The molecule has 0 amide bonds. The third-order valence-corrected chi connectivity index (χ3v) is 19.6. The minimum atomic E-state index is -2.73. The summed E-state index contributed by atoms with van der Waals surface area (Å²) in [7, 11) is -2.73. The molecule has 328 valence electrons. The molecule has 3 heteroatoms. The Kier molecular flexibility index (Phi) is 10.4. The van der Waals surface area contributed by atoms with Gasteiger partial charge in [0.15, 0.2) is 8.07 Å². The summed E-state index contributed by atoms with van der Waals surface area (Å²) in [5, 5.41) is 7.64. The molecular formula is C67H47BOSi. The molecule has 0 unspecified atom stereocenters. The molecule has 0 fully saturated rings. The molecule has 0 aliphatic carbocycles. The Hall–Kier alpha value is -8.50. The number of furan rings is 1. The van der Waals surface area contributed by atoms with Crippen LogP contribution in [0.4, 0.5) is 0 Å². The normalized spacial score (nSPS) is 12.2. The highest BCUT2D eigenvalue weighted by atomic mass is 28.3. The van der Waals surface area contributed by atoms with E-state index in [1.165, 1.54) is 76.1 Å². The highest BCUT2D eigenvalue weighted by Crippen LogP contribution is 2.42. The number of hydrogen-bond acceptors (Lipinski definition) is 1. The van der Waals surface area contributed by atoms with E-state index >= 15 is 0 Å². The maximum Gasteiger partial charge on any atom is 0.243 e. The van der Waals surface area contributed by atoms with Crippen LogP contribution < -0.4 is 37.1 Å². The Bertz CT molecular complexity index is 3710. The van der Waals surface area contributed by atoms with E-state index in [1.807, 2.05) is 0 Å². The molecule has 0 spiro atoms. The van der Waals surface area contributed by atoms with Crippen LogP contribution >= 0.6 is 0 Å². The van der Waals surface area contributed by atoms with Gasteiger partial charge in [0, 0.05) is 16.3 Å². The zero-order valence-electron chi connectivity index (χ0n) is 38.7. The quantitative estimate of drug-likeness (QED) is 0.104. The fraction of sp³-hybridized carbons (Fsp3) is 0.0149. The first-order valence-corrected chi connectivity index (χ1v) is 26.4. The predicted octanol–water partition coefficient (Wildman–Crippen LogP) is 12.1. The van der Waals surface area contributed by atoms with Crippen molar-refractivity contribution in [2.24, 2.45) is 0 Å². The van der Waals surface area contributed by atoms with Crippen molar-refractivity contribution < 1.29 is 4.42 Å². The molecule has 13 rings (SSSR count). The fourth-order valence-electron chi connectivity index (χ4n) is 11.8. The van der Waals surface area contributed by atoms with Gasteiger partial charge in [0.05, 0.1) is 0 Å². The van der Waals surface area contributed by atoms with Crippen LogP contribution in [0.15, 0.2) is 277 Å². The van der Waals surface area contributed by atoms with Gasteiger partial charge in [-0.1, -0.05) is 277 Å². The van der Waals surface area contributed by atoms with Gasteiger partial charge in [-0.2, -0.15) is 0 Å². The zero-order valence-corrected chi connectivity index (χ0v) is 39.7. The maximum atomic E-state index is 7.09. The Morgan fingerprint density at radius 2 is 0.814 bits per heavy atom. The van der Waals surface area contributed by atoms with E-state index in [0.29, 0.717) is 0 Å². The number of para-hydroxylation sites is 1. The minimum absolute atomic E-state index is 0.00665. The lowest BCUT2D eigenvalue weighted by Crippen LogP contribution is -2.74. The smallest absolute Gasteiger partial charge is 0.243 e. The minimum Gasteiger partial charge on any atom is -0.455 e. The second kappa shape index (κ2) is 17.5. The number of fused-ring (bicyclic) bond motifs is 5. The van der Waals surface area contributed by atoms with E-state index in [2.05, 4.69) is 273 Å². The van der Waals surface area contributed by atoms with Crippen LogP contribution in [-0.2, 0) is 6.42 Å². The molecule has 70 heavy (non-hydrogen) atoms. The lowest BCUT2D eigenvalue weighted by molar-refractivity contribution is 0.670. The maximum absolute atomic E-state index is 7.09. The summed E-state index contributed by atoms with van der Waals surface area (Å²) in [6, 6.07) is 101. The molecule has 1 aliphatic heterocycles. The molecule has 1 aliphatic rings. The van der Waals surface area contributed by atoms with Gasteiger partial charge in [-0.05, 0) is 89.4 Å². The van der Waals surface area contributed by atoms with Crippen LogP contribution in [0.2, 0.25) is 0 Å². The molecular weight excluding hydrogens is 860 g/mol. The monoisotopic (exact) mass is 906 g/mol. The Labute approximate surface area is 411 Å². The van der Waals surface area contributed by atoms with Crippen LogP contribution in [0.25, 0.3) is 66.4 Å². The molecule has 11 aromatic carbocycles. The van der Waals surface area contributed by atoms with Gasteiger partial charge in [-0.25, -0.2) is 0 Å². The first-order chi connectivity index (χ1) is 34.7. The second-order valence-electron chi connectivity index (χ2n) is 18.6. The summed E-state index contributed by atoms with van der Waals surface area (Å²) in [4.78, 5) is 0. The van der Waals surface area contributed by atoms with Gasteiger partial charge in [0.1, 0.15) is 11.2 Å². The summed E-state index contributed by atoms with van der Waals surface area (Å²) < 4.78 is 7.09. The lowest BCUT2D eigenvalue weighted by Gasteiger charge is -2.34. The molecule has 2 heterocycles. The Balaban J connectivity index is 1.02. The van der Waals surface area contributed by atoms with Crippen LogP contribution in [-0.4, -0.2) is 14.8 Å². The summed E-state index contributed by atoms with van der Waals surface area (Å²) in [5.74, 6) is 0. The summed E-state index contributed by atoms with van der Waals surface area (Å²) in [6.45, 7) is 0.00665. The van der Waals surface area contributed by atoms with Gasteiger partial charge < -0.3 is 4.42 Å². The molecule has 1 aromatic heterocycles. The average Bonchev–Trinajstić information content (AvgIpc) is 3.82. The molecule has 1 nitrogen and oxygen atoms in total. The standard InChI is InChI=1S/C67H47BOSi/c1-6-22-47(23-7-1)57-41-42-58(65(48-24-8-2-9-25-48)66(57)68-62-38-18-16-26-51(62)44-52-27-17-19-39-63(52)68)59-36-21-37-60-61-46-50(40-43-64(61)69-67(59)60)49-28-20-35-56(45-49)70(53-29-10-3-11-30-53,54-31-12-4-13-32-54)55-33-14-5-15-34-55/h1-43,45-46H,44H2. The van der Waals surface area contributed by atoms with E-state index in [0.717, 1.165) is 45.0 Å². The van der Waals surface area contributed by atoms with E-state index in [1.54, 1.807) is 0 Å². The molecule has 0 saturated carbocycles. The van der Waals surface area contributed by atoms with Crippen molar-refractivity contribution in [2.45, 2.75) is 6.42 Å². The highest BCUT2D eigenvalue weighted by molar-refractivity contribution is 7.20. The largest absolute Gasteiger partial charge is 0.455 e. The average molecular weight is 907 g/mol.